The van der Waals surface area contributed by atoms with Crippen molar-refractivity contribution in [2.45, 2.75) is 63.8 Å². The Morgan fingerprint density at radius 1 is 0.438 bits per heavy atom. The van der Waals surface area contributed by atoms with Crippen LogP contribution in [0.15, 0.2) is 261 Å². The summed E-state index contributed by atoms with van der Waals surface area (Å²) in [6, 6.07) is 86.6. The Morgan fingerprint density at radius 2 is 0.963 bits per heavy atom. The van der Waals surface area contributed by atoms with Crippen molar-refractivity contribution in [1.82, 2.24) is 4.57 Å². The number of aryl methyl sites for hydroxylation is 1. The Morgan fingerprint density at radius 3 is 1.59 bits per heavy atom. The highest BCUT2D eigenvalue weighted by molar-refractivity contribution is 6.22. The van der Waals surface area contributed by atoms with E-state index >= 15 is 0 Å². The van der Waals surface area contributed by atoms with Crippen LogP contribution in [0.5, 0.6) is 0 Å². The van der Waals surface area contributed by atoms with Crippen LogP contribution in [0.4, 0.5) is 28.4 Å². The van der Waals surface area contributed by atoms with E-state index in [-0.39, 0.29) is 16.9 Å². The maximum atomic E-state index is 2.61. The standard InChI is InChI=1S/C77H65N3/c1-75(2,3)55-36-43-59(44-37-55)79(58-41-34-54(35-42-58)52-23-12-9-13-24-52)61-47-48-64-68(49-61)77(66-30-17-14-27-62(66)63-28-15-18-31-67(63)77)69-50-71(74-73(72(64)69)65-29-16-19-32-70(65)78(74)7)80(60-45-38-56(39-46-60)76(4,5)6)57-26-20-25-53(33-40-57)51-21-10-8-11-22-51/h8-50,57H,1-7H3. The van der Waals surface area contributed by atoms with Gasteiger partial charge in [-0.2, -0.15) is 0 Å². The molecular weight excluding hydrogens is 967 g/mol. The Balaban J connectivity index is 1.06. The lowest BCUT2D eigenvalue weighted by atomic mass is 9.70. The molecular formula is C77H65N3. The monoisotopic (exact) mass is 1030 g/mol. The van der Waals surface area contributed by atoms with Gasteiger partial charge in [0.2, 0.25) is 0 Å². The van der Waals surface area contributed by atoms with E-state index in [1.807, 2.05) is 0 Å². The second-order valence-electron chi connectivity index (χ2n) is 24.1. The van der Waals surface area contributed by atoms with Gasteiger partial charge < -0.3 is 14.4 Å². The van der Waals surface area contributed by atoms with Crippen LogP contribution in [0, 0.1) is 0 Å². The van der Waals surface area contributed by atoms with Gasteiger partial charge >= 0.3 is 0 Å². The van der Waals surface area contributed by atoms with E-state index in [9.17, 15) is 0 Å². The number of para-hydroxylation sites is 1. The Hall–Kier alpha value is -9.18. The van der Waals surface area contributed by atoms with Crippen LogP contribution in [-0.4, -0.2) is 10.6 Å². The average Bonchev–Trinajstić information content (AvgIpc) is 2.05. The fourth-order valence-electron chi connectivity index (χ4n) is 13.5. The topological polar surface area (TPSA) is 11.4 Å². The maximum Gasteiger partial charge on any atom is 0.0736 e. The highest BCUT2D eigenvalue weighted by atomic mass is 15.2. The second kappa shape index (κ2) is 18.7. The third kappa shape index (κ3) is 7.77. The third-order valence-electron chi connectivity index (χ3n) is 17.4. The minimum Gasteiger partial charge on any atom is -0.342 e. The predicted molar refractivity (Wildman–Crippen MR) is 339 cm³/mol. The van der Waals surface area contributed by atoms with Crippen LogP contribution < -0.4 is 9.80 Å². The van der Waals surface area contributed by atoms with E-state index < -0.39 is 5.41 Å². The molecule has 80 heavy (non-hydrogen) atoms. The molecule has 0 fully saturated rings. The number of aromatic nitrogens is 1. The lowest BCUT2D eigenvalue weighted by molar-refractivity contribution is 0.590. The molecule has 1 heterocycles. The van der Waals surface area contributed by atoms with Crippen LogP contribution in [0.2, 0.25) is 0 Å². The first-order valence-corrected chi connectivity index (χ1v) is 28.3. The molecule has 10 aromatic carbocycles. The molecule has 0 saturated carbocycles. The van der Waals surface area contributed by atoms with Gasteiger partial charge in [0.1, 0.15) is 0 Å². The van der Waals surface area contributed by atoms with E-state index in [0.717, 1.165) is 28.4 Å². The Kier molecular flexibility index (Phi) is 11.5. The molecule has 1 unspecified atom stereocenters. The largest absolute Gasteiger partial charge is 0.342 e. The van der Waals surface area contributed by atoms with Crippen molar-refractivity contribution < 1.29 is 0 Å². The van der Waals surface area contributed by atoms with Crippen molar-refractivity contribution in [3.8, 4) is 33.4 Å². The summed E-state index contributed by atoms with van der Waals surface area (Å²) in [6.45, 7) is 13.8. The number of benzene rings is 10. The summed E-state index contributed by atoms with van der Waals surface area (Å²) in [4.78, 5) is 5.08. The van der Waals surface area contributed by atoms with Crippen molar-refractivity contribution >= 4 is 55.8 Å². The zero-order valence-electron chi connectivity index (χ0n) is 46.7. The first-order valence-electron chi connectivity index (χ1n) is 28.3. The third-order valence-corrected chi connectivity index (χ3v) is 17.4. The molecule has 1 atom stereocenters. The van der Waals surface area contributed by atoms with Crippen molar-refractivity contribution in [1.29, 1.82) is 0 Å². The molecule has 3 nitrogen and oxygen atoms in total. The molecule has 3 aliphatic carbocycles. The summed E-state index contributed by atoms with van der Waals surface area (Å²) in [6.07, 6.45) is 11.6. The molecule has 0 N–H and O–H groups in total. The van der Waals surface area contributed by atoms with Crippen molar-refractivity contribution in [2.24, 2.45) is 7.05 Å². The summed E-state index contributed by atoms with van der Waals surface area (Å²) in [7, 11) is 2.27. The molecule has 3 heteroatoms. The molecule has 3 aliphatic rings. The summed E-state index contributed by atoms with van der Waals surface area (Å²) in [5.41, 5.74) is 25.1. The highest BCUT2D eigenvalue weighted by Crippen LogP contribution is 2.66. The Bertz CT molecular complexity index is 4250. The van der Waals surface area contributed by atoms with E-state index in [4.69, 9.17) is 0 Å². The fourth-order valence-corrected chi connectivity index (χ4v) is 13.5. The first kappa shape index (κ1) is 49.1. The van der Waals surface area contributed by atoms with Crippen LogP contribution in [-0.2, 0) is 23.3 Å². The summed E-state index contributed by atoms with van der Waals surface area (Å²) < 4.78 is 2.46. The van der Waals surface area contributed by atoms with Gasteiger partial charge in [-0.05, 0) is 149 Å². The van der Waals surface area contributed by atoms with Gasteiger partial charge in [-0.3, -0.25) is 0 Å². The SMILES string of the molecule is Cn1c2ccccc2c2c3c(cc(N(c4ccc(C(C)(C)C)cc4)C4C=CC=C(c5ccccc5)C=C4)c21)C1(c2ccccc2-c2ccccc21)c1cc(N(c2ccc(-c4ccccc4)cc2)c2ccc(C(C)(C)C)cc2)ccc1-3. The minimum atomic E-state index is -0.675. The van der Waals surface area contributed by atoms with Crippen LogP contribution in [0.3, 0.4) is 0 Å². The van der Waals surface area contributed by atoms with Gasteiger partial charge in [-0.15, -0.1) is 0 Å². The smallest absolute Gasteiger partial charge is 0.0736 e. The molecule has 388 valence electrons. The average molecular weight is 1030 g/mol. The van der Waals surface area contributed by atoms with Gasteiger partial charge in [0.15, 0.2) is 0 Å². The number of hydrogen-bond acceptors (Lipinski definition) is 2. The molecule has 0 saturated heterocycles. The second-order valence-corrected chi connectivity index (χ2v) is 24.1. The van der Waals surface area contributed by atoms with Gasteiger partial charge in [0, 0.05) is 46.1 Å². The van der Waals surface area contributed by atoms with E-state index in [0.29, 0.717) is 0 Å². The minimum absolute atomic E-state index is 0.00595. The van der Waals surface area contributed by atoms with Gasteiger partial charge in [0.05, 0.1) is 22.7 Å². The lowest BCUT2D eigenvalue weighted by Crippen LogP contribution is -2.30. The number of anilines is 5. The summed E-state index contributed by atoms with van der Waals surface area (Å²) in [5, 5.41) is 2.52. The normalized spacial score (nSPS) is 14.9. The van der Waals surface area contributed by atoms with Gasteiger partial charge in [-0.25, -0.2) is 0 Å². The molecule has 0 radical (unpaired) electrons. The van der Waals surface area contributed by atoms with E-state index in [1.165, 1.54) is 99.7 Å². The van der Waals surface area contributed by atoms with Crippen LogP contribution >= 0.6 is 0 Å². The number of hydrogen-bond donors (Lipinski definition) is 0. The number of rotatable bonds is 8. The molecule has 1 spiro atoms. The van der Waals surface area contributed by atoms with Crippen molar-refractivity contribution in [3.63, 3.8) is 0 Å². The molecule has 0 bridgehead atoms. The van der Waals surface area contributed by atoms with Crippen molar-refractivity contribution in [3.05, 3.63) is 300 Å². The van der Waals surface area contributed by atoms with Crippen molar-refractivity contribution in [2.75, 3.05) is 9.80 Å². The quantitative estimate of drug-likeness (QED) is 0.150. The molecule has 14 rings (SSSR count). The first-order chi connectivity index (χ1) is 38.9. The van der Waals surface area contributed by atoms with Crippen LogP contribution in [0.1, 0.15) is 80.5 Å². The summed E-state index contributed by atoms with van der Waals surface area (Å²) in [5.74, 6) is 0. The number of nitrogens with zero attached hydrogens (tertiary/aromatic N) is 3. The molecule has 0 aliphatic heterocycles. The van der Waals surface area contributed by atoms with E-state index in [2.05, 4.69) is 324 Å². The highest BCUT2D eigenvalue weighted by Gasteiger charge is 2.53. The fraction of sp³-hybridized carbons (Fsp3) is 0.143. The molecule has 11 aromatic rings. The lowest BCUT2D eigenvalue weighted by Gasteiger charge is -2.35. The number of allylic oxidation sites excluding steroid dienone is 4. The zero-order valence-corrected chi connectivity index (χ0v) is 46.7. The molecule has 0 amide bonds. The number of fused-ring (bicyclic) bond motifs is 14. The van der Waals surface area contributed by atoms with E-state index in [1.54, 1.807) is 0 Å². The zero-order chi connectivity index (χ0) is 54.5. The Labute approximate surface area is 471 Å². The van der Waals surface area contributed by atoms with Gasteiger partial charge in [-0.1, -0.05) is 242 Å². The maximum absolute atomic E-state index is 2.61. The predicted octanol–water partition coefficient (Wildman–Crippen LogP) is 20.1. The van der Waals surface area contributed by atoms with Crippen LogP contribution in [0.25, 0.3) is 60.8 Å². The molecule has 1 aromatic heterocycles. The summed E-state index contributed by atoms with van der Waals surface area (Å²) >= 11 is 0. The van der Waals surface area contributed by atoms with Gasteiger partial charge in [0.25, 0.3) is 0 Å².